The second-order valence-electron chi connectivity index (χ2n) is 14.1. The highest BCUT2D eigenvalue weighted by Crippen LogP contribution is 2.42. The van der Waals surface area contributed by atoms with E-state index in [2.05, 4.69) is 17.0 Å². The second kappa shape index (κ2) is 14.7. The lowest BCUT2D eigenvalue weighted by Crippen LogP contribution is -2.44. The molecule has 3 aliphatic heterocycles. The number of halogens is 3. The predicted octanol–water partition coefficient (Wildman–Crippen LogP) is 6.39. The van der Waals surface area contributed by atoms with Gasteiger partial charge in [-0.1, -0.05) is 18.2 Å². The van der Waals surface area contributed by atoms with Crippen molar-refractivity contribution in [1.82, 2.24) is 9.80 Å². The van der Waals surface area contributed by atoms with Crippen LogP contribution in [0, 0.1) is 11.8 Å². The monoisotopic (exact) mass is 671 g/mol. The molecule has 1 saturated carbocycles. The highest BCUT2D eigenvalue weighted by Gasteiger charge is 2.44. The summed E-state index contributed by atoms with van der Waals surface area (Å²) in [5, 5.41) is 9.44. The summed E-state index contributed by atoms with van der Waals surface area (Å²) < 4.78 is 52.3. The first-order valence-electron chi connectivity index (χ1n) is 17.4. The van der Waals surface area contributed by atoms with E-state index in [1.54, 1.807) is 20.3 Å². The fourth-order valence-electron chi connectivity index (χ4n) is 8.57. The zero-order valence-electron chi connectivity index (χ0n) is 28.0. The van der Waals surface area contributed by atoms with Crippen molar-refractivity contribution in [2.75, 3.05) is 58.4 Å². The molecule has 1 aliphatic carbocycles. The summed E-state index contributed by atoms with van der Waals surface area (Å²) in [6, 6.07) is 12.5. The van der Waals surface area contributed by atoms with Crippen LogP contribution in [0.3, 0.4) is 0 Å². The number of likely N-dealkylation sites (tertiary alicyclic amines) is 2. The Morgan fingerprint density at radius 3 is 2.08 bits per heavy atom. The SMILES string of the molecule is COc1ccc([C@@H]2CN([C@H]3CC[C@@H](OC)CC3)C[C@H]2C(=O)N2CCC(c3ccc(C(F)(F)F)cc3N3CCC(C(=O)O)CC3)CC2)cc1. The largest absolute Gasteiger partial charge is 0.497 e. The number of methoxy groups -OCH3 is 2. The van der Waals surface area contributed by atoms with Gasteiger partial charge in [0.15, 0.2) is 0 Å². The molecule has 0 unspecified atom stereocenters. The van der Waals surface area contributed by atoms with Gasteiger partial charge >= 0.3 is 12.1 Å². The molecule has 11 heteroatoms. The van der Waals surface area contributed by atoms with Crippen molar-refractivity contribution in [3.63, 3.8) is 0 Å². The van der Waals surface area contributed by atoms with Crippen molar-refractivity contribution in [2.45, 2.75) is 81.5 Å². The minimum absolute atomic E-state index is 0.0111. The van der Waals surface area contributed by atoms with E-state index in [1.165, 1.54) is 6.07 Å². The number of carboxylic acid groups (broad SMARTS) is 1. The van der Waals surface area contributed by atoms with Crippen LogP contribution in [-0.2, 0) is 20.5 Å². The van der Waals surface area contributed by atoms with Crippen LogP contribution in [-0.4, -0.2) is 92.4 Å². The summed E-state index contributed by atoms with van der Waals surface area (Å²) in [7, 11) is 3.43. The number of aliphatic carboxylic acids is 1. The van der Waals surface area contributed by atoms with Gasteiger partial charge in [0.1, 0.15) is 5.75 Å². The molecular formula is C37H48F3N3O5. The number of benzene rings is 2. The Balaban J connectivity index is 1.17. The predicted molar refractivity (Wildman–Crippen MR) is 176 cm³/mol. The van der Waals surface area contributed by atoms with E-state index in [1.807, 2.05) is 21.9 Å². The van der Waals surface area contributed by atoms with Gasteiger partial charge in [0.25, 0.3) is 0 Å². The molecule has 2 atom stereocenters. The van der Waals surface area contributed by atoms with Crippen LogP contribution in [0.1, 0.15) is 79.9 Å². The van der Waals surface area contributed by atoms with Crippen molar-refractivity contribution in [2.24, 2.45) is 11.8 Å². The van der Waals surface area contributed by atoms with Crippen molar-refractivity contribution >= 4 is 17.6 Å². The van der Waals surface area contributed by atoms with Crippen LogP contribution in [0.25, 0.3) is 0 Å². The van der Waals surface area contributed by atoms with Gasteiger partial charge in [-0.3, -0.25) is 14.5 Å². The van der Waals surface area contributed by atoms with Gasteiger partial charge in [-0.15, -0.1) is 0 Å². The molecule has 0 spiro atoms. The van der Waals surface area contributed by atoms with Crippen LogP contribution < -0.4 is 9.64 Å². The van der Waals surface area contributed by atoms with Gasteiger partial charge in [-0.25, -0.2) is 0 Å². The number of anilines is 1. The zero-order valence-corrected chi connectivity index (χ0v) is 28.0. The molecule has 6 rings (SSSR count). The van der Waals surface area contributed by atoms with E-state index in [0.717, 1.165) is 55.2 Å². The second-order valence-corrected chi connectivity index (χ2v) is 14.1. The molecule has 1 amide bonds. The van der Waals surface area contributed by atoms with Crippen molar-refractivity contribution in [3.8, 4) is 5.75 Å². The topological polar surface area (TPSA) is 82.6 Å². The van der Waals surface area contributed by atoms with Gasteiger partial charge in [0, 0.05) is 64.0 Å². The maximum absolute atomic E-state index is 14.3. The van der Waals surface area contributed by atoms with Crippen LogP contribution in [0.5, 0.6) is 5.75 Å². The minimum Gasteiger partial charge on any atom is -0.497 e. The highest BCUT2D eigenvalue weighted by atomic mass is 19.4. The number of piperidine rings is 2. The molecule has 262 valence electrons. The molecule has 8 nitrogen and oxygen atoms in total. The summed E-state index contributed by atoms with van der Waals surface area (Å²) in [5.41, 5.74) is 1.85. The summed E-state index contributed by atoms with van der Waals surface area (Å²) in [5.74, 6) is -0.482. The number of hydrogen-bond donors (Lipinski definition) is 1. The Bertz CT molecular complexity index is 1410. The lowest BCUT2D eigenvalue weighted by molar-refractivity contribution is -0.142. The van der Waals surface area contributed by atoms with E-state index in [0.29, 0.717) is 76.2 Å². The van der Waals surface area contributed by atoms with E-state index in [-0.39, 0.29) is 23.7 Å². The molecule has 3 saturated heterocycles. The third kappa shape index (κ3) is 7.47. The summed E-state index contributed by atoms with van der Waals surface area (Å²) in [4.78, 5) is 32.2. The van der Waals surface area contributed by atoms with Gasteiger partial charge in [-0.05, 0) is 92.7 Å². The van der Waals surface area contributed by atoms with E-state index in [4.69, 9.17) is 9.47 Å². The number of ether oxygens (including phenoxy) is 2. The maximum atomic E-state index is 14.3. The lowest BCUT2D eigenvalue weighted by Gasteiger charge is -2.38. The van der Waals surface area contributed by atoms with E-state index >= 15 is 0 Å². The van der Waals surface area contributed by atoms with Gasteiger partial charge in [-0.2, -0.15) is 13.2 Å². The lowest BCUT2D eigenvalue weighted by atomic mass is 9.84. The first kappa shape index (κ1) is 34.5. The number of alkyl halides is 3. The van der Waals surface area contributed by atoms with Crippen molar-refractivity contribution < 1.29 is 37.3 Å². The molecule has 2 aromatic rings. The first-order chi connectivity index (χ1) is 23.0. The quantitative estimate of drug-likeness (QED) is 0.348. The van der Waals surface area contributed by atoms with Crippen molar-refractivity contribution in [3.05, 3.63) is 59.2 Å². The maximum Gasteiger partial charge on any atom is 0.416 e. The number of amides is 1. The normalized spacial score (nSPS) is 26.5. The smallest absolute Gasteiger partial charge is 0.416 e. The fourth-order valence-corrected chi connectivity index (χ4v) is 8.57. The molecule has 3 heterocycles. The highest BCUT2D eigenvalue weighted by molar-refractivity contribution is 5.81. The zero-order chi connectivity index (χ0) is 34.0. The molecule has 4 aliphatic rings. The molecule has 48 heavy (non-hydrogen) atoms. The molecule has 0 aromatic heterocycles. The Hall–Kier alpha value is -3.31. The minimum atomic E-state index is -4.47. The van der Waals surface area contributed by atoms with Gasteiger partial charge in [0.05, 0.1) is 30.6 Å². The fraction of sp³-hybridized carbons (Fsp3) is 0.622. The standard InChI is InChI=1S/C37H48F3N3O5/c1-47-29-8-3-24(4-9-29)32-22-43(28-6-10-30(48-2)11-7-28)23-33(32)35(44)42-19-13-25(14-20-42)31-12-5-27(37(38,39)40)21-34(31)41-17-15-26(16-18-41)36(45)46/h3-5,8-9,12,21,25-26,28,30,32-33H,6-7,10-11,13-20,22-23H2,1-2H3,(H,45,46)/t28-,30+,32-,33+/m0/s1. The summed E-state index contributed by atoms with van der Waals surface area (Å²) in [6.07, 6.45) is 2.15. The third-order valence-corrected chi connectivity index (χ3v) is 11.5. The summed E-state index contributed by atoms with van der Waals surface area (Å²) in [6.45, 7) is 3.45. The number of carbonyl (C=O) groups excluding carboxylic acids is 1. The van der Waals surface area contributed by atoms with Crippen LogP contribution >= 0.6 is 0 Å². The van der Waals surface area contributed by atoms with Gasteiger partial charge < -0.3 is 24.4 Å². The molecule has 0 bridgehead atoms. The van der Waals surface area contributed by atoms with Crippen LogP contribution in [0.15, 0.2) is 42.5 Å². The van der Waals surface area contributed by atoms with E-state index < -0.39 is 23.6 Å². The Labute approximate surface area is 281 Å². The number of carboxylic acids is 1. The summed E-state index contributed by atoms with van der Waals surface area (Å²) >= 11 is 0. The molecular weight excluding hydrogens is 623 g/mol. The molecule has 0 radical (unpaired) electrons. The molecule has 2 aromatic carbocycles. The van der Waals surface area contributed by atoms with Crippen LogP contribution in [0.2, 0.25) is 0 Å². The average molecular weight is 672 g/mol. The average Bonchev–Trinajstić information content (AvgIpc) is 3.56. The number of carbonyl (C=O) groups is 2. The number of nitrogens with zero attached hydrogens (tertiary/aromatic N) is 3. The molecule has 1 N–H and O–H groups in total. The van der Waals surface area contributed by atoms with Crippen LogP contribution in [0.4, 0.5) is 18.9 Å². The Morgan fingerprint density at radius 1 is 0.833 bits per heavy atom. The van der Waals surface area contributed by atoms with Gasteiger partial charge in [0.2, 0.25) is 5.91 Å². The third-order valence-electron chi connectivity index (χ3n) is 11.5. The Kier molecular flexibility index (Phi) is 10.6. The van der Waals surface area contributed by atoms with E-state index in [9.17, 15) is 27.9 Å². The van der Waals surface area contributed by atoms with Crippen molar-refractivity contribution in [1.29, 1.82) is 0 Å². The Morgan fingerprint density at radius 2 is 1.50 bits per heavy atom. The molecule has 4 fully saturated rings. The first-order valence-corrected chi connectivity index (χ1v) is 17.4. The number of hydrogen-bond acceptors (Lipinski definition) is 6. The number of rotatable bonds is 8.